The molecule has 1 saturated carbocycles. The quantitative estimate of drug-likeness (QED) is 0.772. The highest BCUT2D eigenvalue weighted by Crippen LogP contribution is 2.18. The molecular weight excluding hydrogens is 272 g/mol. The molecule has 0 aromatic heterocycles. The lowest BCUT2D eigenvalue weighted by Gasteiger charge is -2.21. The molecule has 1 unspecified atom stereocenters. The van der Waals surface area contributed by atoms with Crippen molar-refractivity contribution in [1.82, 2.24) is 10.2 Å². The molecule has 0 aliphatic heterocycles. The molecule has 0 aromatic rings. The number of rotatable bonds is 5. The van der Waals surface area contributed by atoms with E-state index in [2.05, 4.69) is 21.2 Å². The van der Waals surface area contributed by atoms with Gasteiger partial charge in [-0.2, -0.15) is 0 Å². The van der Waals surface area contributed by atoms with Crippen LogP contribution < -0.4 is 5.32 Å². The molecule has 1 atom stereocenters. The van der Waals surface area contributed by atoms with Crippen LogP contribution in [0.2, 0.25) is 0 Å². The maximum atomic E-state index is 11.8. The molecule has 1 rings (SSSR count). The molecule has 16 heavy (non-hydrogen) atoms. The minimum Gasteiger partial charge on any atom is -0.352 e. The Bertz CT molecular complexity index is 277. The number of hydrogen-bond acceptors (Lipinski definition) is 2. The molecule has 0 saturated heterocycles. The van der Waals surface area contributed by atoms with E-state index in [9.17, 15) is 9.59 Å². The summed E-state index contributed by atoms with van der Waals surface area (Å²) in [6.45, 7) is 4.08. The van der Waals surface area contributed by atoms with Gasteiger partial charge in [0.15, 0.2) is 0 Å². The van der Waals surface area contributed by atoms with Gasteiger partial charge in [-0.05, 0) is 18.8 Å². The third-order valence-electron chi connectivity index (χ3n) is 2.52. The van der Waals surface area contributed by atoms with Crippen molar-refractivity contribution in [3.05, 3.63) is 0 Å². The van der Waals surface area contributed by atoms with Gasteiger partial charge in [0.25, 0.3) is 0 Å². The second-order valence-electron chi connectivity index (χ2n) is 4.68. The molecule has 0 spiro atoms. The first kappa shape index (κ1) is 13.5. The summed E-state index contributed by atoms with van der Waals surface area (Å²) in [5.41, 5.74) is 0. The smallest absolute Gasteiger partial charge is 0.239 e. The summed E-state index contributed by atoms with van der Waals surface area (Å²) in [4.78, 5) is 24.6. The average Bonchev–Trinajstić information content (AvgIpc) is 2.98. The zero-order valence-electron chi connectivity index (χ0n) is 10.00. The molecule has 0 aromatic carbocycles. The summed E-state index contributed by atoms with van der Waals surface area (Å²) in [5, 5.41) is 2.86. The van der Waals surface area contributed by atoms with E-state index < -0.39 is 0 Å². The topological polar surface area (TPSA) is 49.4 Å². The molecule has 1 aliphatic carbocycles. The molecule has 2 amide bonds. The van der Waals surface area contributed by atoms with Gasteiger partial charge < -0.3 is 10.2 Å². The second kappa shape index (κ2) is 5.66. The largest absolute Gasteiger partial charge is 0.352 e. The van der Waals surface area contributed by atoms with Gasteiger partial charge in [0.05, 0.1) is 11.4 Å². The average molecular weight is 291 g/mol. The Kier molecular flexibility index (Phi) is 4.77. The van der Waals surface area contributed by atoms with Crippen molar-refractivity contribution in [3.63, 3.8) is 0 Å². The van der Waals surface area contributed by atoms with E-state index in [-0.39, 0.29) is 29.1 Å². The molecule has 5 heteroatoms. The molecule has 4 nitrogen and oxygen atoms in total. The number of amides is 2. The zero-order chi connectivity index (χ0) is 12.3. The number of nitrogens with zero attached hydrogens (tertiary/aromatic N) is 1. The van der Waals surface area contributed by atoms with E-state index in [1.165, 1.54) is 4.90 Å². The number of hydrogen-bond donors (Lipinski definition) is 1. The first-order valence-corrected chi connectivity index (χ1v) is 6.51. The predicted molar refractivity (Wildman–Crippen MR) is 66.4 cm³/mol. The SMILES string of the molecule is CC(C)C(Br)C(=O)N(C)CC(=O)NC1CC1. The van der Waals surface area contributed by atoms with Crippen molar-refractivity contribution in [2.24, 2.45) is 5.92 Å². The van der Waals surface area contributed by atoms with Crippen LogP contribution in [-0.4, -0.2) is 41.2 Å². The van der Waals surface area contributed by atoms with Gasteiger partial charge in [0, 0.05) is 13.1 Å². The second-order valence-corrected chi connectivity index (χ2v) is 5.67. The van der Waals surface area contributed by atoms with Gasteiger partial charge in [-0.1, -0.05) is 29.8 Å². The normalized spacial score (nSPS) is 17.1. The van der Waals surface area contributed by atoms with Gasteiger partial charge in [-0.3, -0.25) is 9.59 Å². The van der Waals surface area contributed by atoms with Crippen molar-refractivity contribution in [2.45, 2.75) is 37.6 Å². The Morgan fingerprint density at radius 1 is 1.44 bits per heavy atom. The summed E-state index contributed by atoms with van der Waals surface area (Å²) in [6, 6.07) is 0.348. The van der Waals surface area contributed by atoms with Crippen LogP contribution >= 0.6 is 15.9 Å². The fourth-order valence-corrected chi connectivity index (χ4v) is 1.64. The highest BCUT2D eigenvalue weighted by atomic mass is 79.9. The minimum atomic E-state index is -0.216. The monoisotopic (exact) mass is 290 g/mol. The van der Waals surface area contributed by atoms with E-state index in [0.29, 0.717) is 6.04 Å². The maximum Gasteiger partial charge on any atom is 0.239 e. The Hall–Kier alpha value is -0.580. The molecule has 92 valence electrons. The van der Waals surface area contributed by atoms with Crippen LogP contribution in [-0.2, 0) is 9.59 Å². The van der Waals surface area contributed by atoms with Crippen molar-refractivity contribution < 1.29 is 9.59 Å². The van der Waals surface area contributed by atoms with Gasteiger partial charge >= 0.3 is 0 Å². The third kappa shape index (κ3) is 4.12. The number of alkyl halides is 1. The first-order valence-electron chi connectivity index (χ1n) is 5.60. The summed E-state index contributed by atoms with van der Waals surface area (Å²) in [5.74, 6) is 0.115. The van der Waals surface area contributed by atoms with Crippen molar-refractivity contribution in [3.8, 4) is 0 Å². The van der Waals surface area contributed by atoms with Crippen LogP contribution in [0, 0.1) is 5.92 Å². The van der Waals surface area contributed by atoms with Gasteiger partial charge in [0.2, 0.25) is 11.8 Å². The number of likely N-dealkylation sites (N-methyl/N-ethyl adjacent to an activating group) is 1. The van der Waals surface area contributed by atoms with Crippen LogP contribution in [0.5, 0.6) is 0 Å². The molecule has 0 heterocycles. The molecular formula is C11H19BrN2O2. The first-order chi connectivity index (χ1) is 7.41. The summed E-state index contributed by atoms with van der Waals surface area (Å²) >= 11 is 3.34. The summed E-state index contributed by atoms with van der Waals surface area (Å²) in [7, 11) is 1.66. The van der Waals surface area contributed by atoms with Gasteiger partial charge in [-0.15, -0.1) is 0 Å². The lowest BCUT2D eigenvalue weighted by Crippen LogP contribution is -2.42. The predicted octanol–water partition coefficient (Wildman–Crippen LogP) is 1.14. The molecule has 1 fully saturated rings. The van der Waals surface area contributed by atoms with Crippen molar-refractivity contribution in [2.75, 3.05) is 13.6 Å². The number of nitrogens with one attached hydrogen (secondary N) is 1. The Balaban J connectivity index is 2.34. The number of carbonyl (C=O) groups is 2. The molecule has 1 aliphatic rings. The summed E-state index contributed by atoms with van der Waals surface area (Å²) < 4.78 is 0. The van der Waals surface area contributed by atoms with Crippen LogP contribution in [0.15, 0.2) is 0 Å². The van der Waals surface area contributed by atoms with Crippen LogP contribution in [0.1, 0.15) is 26.7 Å². The molecule has 1 N–H and O–H groups in total. The van der Waals surface area contributed by atoms with E-state index in [4.69, 9.17) is 0 Å². The van der Waals surface area contributed by atoms with E-state index in [0.717, 1.165) is 12.8 Å². The lowest BCUT2D eigenvalue weighted by atomic mass is 10.1. The number of halogens is 1. The van der Waals surface area contributed by atoms with Crippen molar-refractivity contribution >= 4 is 27.7 Å². The molecule has 0 radical (unpaired) electrons. The minimum absolute atomic E-state index is 0.0408. The highest BCUT2D eigenvalue weighted by molar-refractivity contribution is 9.10. The fraction of sp³-hybridized carbons (Fsp3) is 0.818. The standard InChI is InChI=1S/C11H19BrN2O2/c1-7(2)10(12)11(16)14(3)6-9(15)13-8-4-5-8/h7-8,10H,4-6H2,1-3H3,(H,13,15). The molecule has 0 bridgehead atoms. The van der Waals surface area contributed by atoms with Gasteiger partial charge in [-0.25, -0.2) is 0 Å². The number of carbonyl (C=O) groups excluding carboxylic acids is 2. The Morgan fingerprint density at radius 3 is 2.44 bits per heavy atom. The zero-order valence-corrected chi connectivity index (χ0v) is 11.6. The Morgan fingerprint density at radius 2 is 2.00 bits per heavy atom. The van der Waals surface area contributed by atoms with E-state index >= 15 is 0 Å². The van der Waals surface area contributed by atoms with Crippen LogP contribution in [0.4, 0.5) is 0 Å². The maximum absolute atomic E-state index is 11.8. The Labute approximate surface area is 105 Å². The summed E-state index contributed by atoms with van der Waals surface area (Å²) in [6.07, 6.45) is 2.13. The van der Waals surface area contributed by atoms with Crippen molar-refractivity contribution in [1.29, 1.82) is 0 Å². The van der Waals surface area contributed by atoms with E-state index in [1.807, 2.05) is 13.8 Å². The third-order valence-corrected chi connectivity index (χ3v) is 3.97. The fourth-order valence-electron chi connectivity index (χ4n) is 1.29. The van der Waals surface area contributed by atoms with Gasteiger partial charge in [0.1, 0.15) is 0 Å². The highest BCUT2D eigenvalue weighted by Gasteiger charge is 2.26. The van der Waals surface area contributed by atoms with E-state index in [1.54, 1.807) is 7.05 Å². The lowest BCUT2D eigenvalue weighted by molar-refractivity contribution is -0.134. The van der Waals surface area contributed by atoms with Crippen LogP contribution in [0.25, 0.3) is 0 Å². The van der Waals surface area contributed by atoms with Crippen LogP contribution in [0.3, 0.4) is 0 Å².